The highest BCUT2D eigenvalue weighted by molar-refractivity contribution is 7.12. The van der Waals surface area contributed by atoms with E-state index in [1.807, 2.05) is 18.2 Å². The first-order chi connectivity index (χ1) is 9.28. The van der Waals surface area contributed by atoms with Crippen LogP contribution < -0.4 is 9.47 Å². The van der Waals surface area contributed by atoms with E-state index in [9.17, 15) is 0 Å². The molecule has 0 amide bonds. The summed E-state index contributed by atoms with van der Waals surface area (Å²) in [6.07, 6.45) is 1.05. The number of thiophene rings is 1. The second-order valence-electron chi connectivity index (χ2n) is 4.42. The monoisotopic (exact) mass is 294 g/mol. The van der Waals surface area contributed by atoms with Gasteiger partial charge in [-0.2, -0.15) is 0 Å². The van der Waals surface area contributed by atoms with Gasteiger partial charge in [0.2, 0.25) is 0 Å². The second-order valence-corrected chi connectivity index (χ2v) is 6.06. The number of rotatable bonds is 3. The van der Waals surface area contributed by atoms with Crippen molar-refractivity contribution in [3.63, 3.8) is 0 Å². The predicted octanol–water partition coefficient (Wildman–Crippen LogP) is 4.41. The minimum absolute atomic E-state index is 0.124. The zero-order chi connectivity index (χ0) is 13.2. The van der Waals surface area contributed by atoms with E-state index in [0.717, 1.165) is 23.5 Å². The third-order valence-corrected chi connectivity index (χ3v) is 5.05. The molecule has 3 rings (SSSR count). The van der Waals surface area contributed by atoms with Gasteiger partial charge in [-0.25, -0.2) is 0 Å². The first kappa shape index (κ1) is 12.8. The van der Waals surface area contributed by atoms with E-state index in [2.05, 4.69) is 19.1 Å². The zero-order valence-electron chi connectivity index (χ0n) is 10.7. The molecule has 1 aliphatic rings. The highest BCUT2D eigenvalue weighted by atomic mass is 35.5. The van der Waals surface area contributed by atoms with Gasteiger partial charge in [0.1, 0.15) is 13.2 Å². The van der Waals surface area contributed by atoms with Crippen molar-refractivity contribution in [2.45, 2.75) is 18.7 Å². The minimum Gasteiger partial charge on any atom is -0.486 e. The fourth-order valence-corrected chi connectivity index (χ4v) is 3.40. The Morgan fingerprint density at radius 3 is 2.68 bits per heavy atom. The van der Waals surface area contributed by atoms with Crippen molar-refractivity contribution in [1.82, 2.24) is 0 Å². The van der Waals surface area contributed by atoms with Gasteiger partial charge in [-0.1, -0.05) is 13.0 Å². The van der Waals surface area contributed by atoms with Crippen molar-refractivity contribution in [2.24, 2.45) is 0 Å². The van der Waals surface area contributed by atoms with E-state index < -0.39 is 0 Å². The summed E-state index contributed by atoms with van der Waals surface area (Å²) >= 11 is 8.33. The van der Waals surface area contributed by atoms with Gasteiger partial charge in [0.25, 0.3) is 0 Å². The van der Waals surface area contributed by atoms with Gasteiger partial charge in [0, 0.05) is 9.75 Å². The van der Waals surface area contributed by atoms with E-state index in [1.165, 1.54) is 9.75 Å². The lowest BCUT2D eigenvalue weighted by Gasteiger charge is -2.19. The van der Waals surface area contributed by atoms with Crippen LogP contribution in [0.1, 0.15) is 27.6 Å². The largest absolute Gasteiger partial charge is 0.486 e. The van der Waals surface area contributed by atoms with Gasteiger partial charge in [-0.15, -0.1) is 22.9 Å². The number of hydrogen-bond acceptors (Lipinski definition) is 3. The predicted molar refractivity (Wildman–Crippen MR) is 78.8 cm³/mol. The van der Waals surface area contributed by atoms with Crippen LogP contribution >= 0.6 is 22.9 Å². The number of benzene rings is 1. The topological polar surface area (TPSA) is 18.5 Å². The first-order valence-electron chi connectivity index (χ1n) is 6.40. The number of fused-ring (bicyclic) bond motifs is 1. The molecule has 100 valence electrons. The quantitative estimate of drug-likeness (QED) is 0.781. The van der Waals surface area contributed by atoms with Crippen LogP contribution in [-0.4, -0.2) is 13.2 Å². The molecular weight excluding hydrogens is 280 g/mol. The molecule has 1 aliphatic heterocycles. The smallest absolute Gasteiger partial charge is 0.161 e. The maximum Gasteiger partial charge on any atom is 0.161 e. The lowest BCUT2D eigenvalue weighted by atomic mass is 10.1. The Balaban J connectivity index is 1.88. The summed E-state index contributed by atoms with van der Waals surface area (Å²) in [5.41, 5.74) is 1.05. The van der Waals surface area contributed by atoms with E-state index >= 15 is 0 Å². The molecule has 0 spiro atoms. The molecule has 2 nitrogen and oxygen atoms in total. The lowest BCUT2D eigenvalue weighted by molar-refractivity contribution is 0.171. The average molecular weight is 295 g/mol. The second kappa shape index (κ2) is 5.43. The third kappa shape index (κ3) is 2.58. The highest BCUT2D eigenvalue weighted by Gasteiger charge is 2.17. The Morgan fingerprint density at radius 2 is 1.95 bits per heavy atom. The Kier molecular flexibility index (Phi) is 3.67. The molecule has 0 radical (unpaired) electrons. The molecule has 1 aromatic heterocycles. The number of hydrogen-bond donors (Lipinski definition) is 0. The fraction of sp³-hybridized carbons (Fsp3) is 0.333. The Labute approximate surface area is 121 Å². The molecule has 1 aromatic carbocycles. The molecule has 2 heterocycles. The number of aryl methyl sites for hydroxylation is 1. The zero-order valence-corrected chi connectivity index (χ0v) is 12.3. The molecule has 0 saturated heterocycles. The minimum atomic E-state index is -0.124. The van der Waals surface area contributed by atoms with E-state index in [4.69, 9.17) is 21.1 Å². The van der Waals surface area contributed by atoms with Crippen LogP contribution in [-0.2, 0) is 6.42 Å². The summed E-state index contributed by atoms with van der Waals surface area (Å²) in [5.74, 6) is 1.60. The maximum atomic E-state index is 6.56. The van der Waals surface area contributed by atoms with E-state index in [0.29, 0.717) is 13.2 Å². The Morgan fingerprint density at radius 1 is 1.16 bits per heavy atom. The molecule has 4 heteroatoms. The number of halogens is 1. The van der Waals surface area contributed by atoms with Crippen LogP contribution in [0.4, 0.5) is 0 Å². The molecular formula is C15H15ClO2S. The lowest BCUT2D eigenvalue weighted by Crippen LogP contribution is -2.15. The molecule has 0 N–H and O–H groups in total. The summed E-state index contributed by atoms with van der Waals surface area (Å²) in [4.78, 5) is 2.54. The number of ether oxygens (including phenoxy) is 2. The molecule has 0 aliphatic carbocycles. The standard InChI is InChI=1S/C15H15ClO2S/c1-2-11-4-6-14(19-11)15(16)10-3-5-12-13(9-10)18-8-7-17-12/h3-6,9,15H,2,7-8H2,1H3. The Bertz CT molecular complexity index is 579. The summed E-state index contributed by atoms with van der Waals surface area (Å²) in [7, 11) is 0. The normalized spacial score (nSPS) is 15.3. The summed E-state index contributed by atoms with van der Waals surface area (Å²) in [6.45, 7) is 3.37. The molecule has 0 saturated carbocycles. The van der Waals surface area contributed by atoms with Crippen LogP contribution in [0, 0.1) is 0 Å². The van der Waals surface area contributed by atoms with Crippen molar-refractivity contribution >= 4 is 22.9 Å². The summed E-state index contributed by atoms with van der Waals surface area (Å²) < 4.78 is 11.1. The molecule has 0 bridgehead atoms. The van der Waals surface area contributed by atoms with Gasteiger partial charge < -0.3 is 9.47 Å². The van der Waals surface area contributed by atoms with Crippen LogP contribution in [0.2, 0.25) is 0 Å². The Hall–Kier alpha value is -1.19. The number of alkyl halides is 1. The van der Waals surface area contributed by atoms with Crippen molar-refractivity contribution in [3.05, 3.63) is 45.6 Å². The van der Waals surface area contributed by atoms with Crippen LogP contribution in [0.15, 0.2) is 30.3 Å². The van der Waals surface area contributed by atoms with Gasteiger partial charge >= 0.3 is 0 Å². The maximum absolute atomic E-state index is 6.56. The van der Waals surface area contributed by atoms with Crippen molar-refractivity contribution in [2.75, 3.05) is 13.2 Å². The van der Waals surface area contributed by atoms with Gasteiger partial charge in [0.05, 0.1) is 5.38 Å². The SMILES string of the molecule is CCc1ccc(C(Cl)c2ccc3c(c2)OCCO3)s1. The van der Waals surface area contributed by atoms with Crippen LogP contribution in [0.5, 0.6) is 11.5 Å². The first-order valence-corrected chi connectivity index (χ1v) is 7.65. The van der Waals surface area contributed by atoms with E-state index in [-0.39, 0.29) is 5.38 Å². The molecule has 2 aromatic rings. The van der Waals surface area contributed by atoms with Gasteiger partial charge in [0.15, 0.2) is 11.5 Å². The van der Waals surface area contributed by atoms with Crippen molar-refractivity contribution in [1.29, 1.82) is 0 Å². The molecule has 0 fully saturated rings. The van der Waals surface area contributed by atoms with Gasteiger partial charge in [-0.3, -0.25) is 0 Å². The van der Waals surface area contributed by atoms with E-state index in [1.54, 1.807) is 11.3 Å². The van der Waals surface area contributed by atoms with Crippen molar-refractivity contribution < 1.29 is 9.47 Å². The summed E-state index contributed by atoms with van der Waals surface area (Å²) in [6, 6.07) is 10.2. The molecule has 1 atom stereocenters. The summed E-state index contributed by atoms with van der Waals surface area (Å²) in [5, 5.41) is -0.124. The molecule has 19 heavy (non-hydrogen) atoms. The highest BCUT2D eigenvalue weighted by Crippen LogP contribution is 2.38. The van der Waals surface area contributed by atoms with Gasteiger partial charge in [-0.05, 0) is 36.2 Å². The average Bonchev–Trinajstić information content (AvgIpc) is 2.95. The van der Waals surface area contributed by atoms with Crippen molar-refractivity contribution in [3.8, 4) is 11.5 Å². The van der Waals surface area contributed by atoms with Crippen LogP contribution in [0.25, 0.3) is 0 Å². The van der Waals surface area contributed by atoms with Crippen LogP contribution in [0.3, 0.4) is 0 Å². The fourth-order valence-electron chi connectivity index (χ4n) is 2.10. The third-order valence-electron chi connectivity index (χ3n) is 3.14. The molecule has 1 unspecified atom stereocenters.